The molecule has 0 spiro atoms. The highest BCUT2D eigenvalue weighted by Crippen LogP contribution is 2.28. The maximum absolute atomic E-state index is 12.8. The highest BCUT2D eigenvalue weighted by atomic mass is 32.1. The molecule has 1 saturated heterocycles. The molecule has 3 heterocycles. The van der Waals surface area contributed by atoms with Crippen LogP contribution in [0.1, 0.15) is 46.4 Å². The summed E-state index contributed by atoms with van der Waals surface area (Å²) < 4.78 is 2.26. The summed E-state index contributed by atoms with van der Waals surface area (Å²) in [6.45, 7) is 5.53. The van der Waals surface area contributed by atoms with Crippen molar-refractivity contribution in [2.75, 3.05) is 33.7 Å². The first-order chi connectivity index (χ1) is 12.1. The van der Waals surface area contributed by atoms with Gasteiger partial charge in [-0.05, 0) is 46.8 Å². The van der Waals surface area contributed by atoms with E-state index in [9.17, 15) is 4.79 Å². The molecular formula is C18H27N5OS. The van der Waals surface area contributed by atoms with Gasteiger partial charge in [-0.15, -0.1) is 11.3 Å². The van der Waals surface area contributed by atoms with E-state index >= 15 is 0 Å². The van der Waals surface area contributed by atoms with E-state index in [-0.39, 0.29) is 5.91 Å². The molecule has 0 N–H and O–H groups in total. The summed E-state index contributed by atoms with van der Waals surface area (Å²) in [6.07, 6.45) is 7.18. The van der Waals surface area contributed by atoms with Crippen LogP contribution in [0.5, 0.6) is 0 Å². The average molecular weight is 362 g/mol. The normalized spacial score (nSPS) is 18.1. The molecule has 1 aliphatic rings. The molecule has 1 fully saturated rings. The van der Waals surface area contributed by atoms with Crippen molar-refractivity contribution in [3.05, 3.63) is 34.3 Å². The topological polar surface area (TPSA) is 54.3 Å². The van der Waals surface area contributed by atoms with Crippen LogP contribution in [0, 0.1) is 6.92 Å². The third kappa shape index (κ3) is 4.27. The van der Waals surface area contributed by atoms with E-state index in [1.807, 2.05) is 18.0 Å². The zero-order chi connectivity index (χ0) is 17.8. The van der Waals surface area contributed by atoms with E-state index in [2.05, 4.69) is 39.7 Å². The zero-order valence-electron chi connectivity index (χ0n) is 15.3. The molecule has 2 aromatic heterocycles. The lowest BCUT2D eigenvalue weighted by Gasteiger charge is -2.32. The predicted molar refractivity (Wildman–Crippen MR) is 100 cm³/mol. The Labute approximate surface area is 153 Å². The van der Waals surface area contributed by atoms with Crippen LogP contribution in [0.3, 0.4) is 0 Å². The summed E-state index contributed by atoms with van der Waals surface area (Å²) >= 11 is 1.44. The monoisotopic (exact) mass is 361 g/mol. The number of imidazole rings is 1. The van der Waals surface area contributed by atoms with Crippen molar-refractivity contribution in [3.8, 4) is 0 Å². The van der Waals surface area contributed by atoms with Crippen molar-refractivity contribution in [2.24, 2.45) is 0 Å². The molecule has 0 radical (unpaired) electrons. The first kappa shape index (κ1) is 18.1. The number of amides is 1. The minimum Gasteiger partial charge on any atom is -0.337 e. The van der Waals surface area contributed by atoms with E-state index in [1.54, 1.807) is 5.51 Å². The number of carbonyl (C=O) groups is 1. The number of hydrogen-bond acceptors (Lipinski definition) is 5. The fourth-order valence-electron chi connectivity index (χ4n) is 3.45. The lowest BCUT2D eigenvalue weighted by Crippen LogP contribution is -2.39. The molecule has 7 heteroatoms. The first-order valence-corrected chi connectivity index (χ1v) is 9.79. The van der Waals surface area contributed by atoms with Crippen molar-refractivity contribution < 1.29 is 4.79 Å². The Morgan fingerprint density at radius 1 is 1.40 bits per heavy atom. The van der Waals surface area contributed by atoms with Gasteiger partial charge in [0.2, 0.25) is 0 Å². The number of nitrogens with zero attached hydrogens (tertiary/aromatic N) is 5. The van der Waals surface area contributed by atoms with E-state index in [4.69, 9.17) is 0 Å². The molecule has 0 aliphatic carbocycles. The Bertz CT molecular complexity index is 708. The van der Waals surface area contributed by atoms with E-state index < -0.39 is 0 Å². The molecule has 25 heavy (non-hydrogen) atoms. The van der Waals surface area contributed by atoms with Crippen molar-refractivity contribution >= 4 is 17.2 Å². The average Bonchev–Trinajstić information content (AvgIpc) is 3.23. The summed E-state index contributed by atoms with van der Waals surface area (Å²) in [7, 11) is 4.20. The molecule has 0 aromatic carbocycles. The third-order valence-corrected chi connectivity index (χ3v) is 5.68. The minimum absolute atomic E-state index is 0.121. The second-order valence-corrected chi connectivity index (χ2v) is 7.85. The lowest BCUT2D eigenvalue weighted by molar-refractivity contribution is 0.0707. The smallest absolute Gasteiger partial charge is 0.265 e. The molecular weight excluding hydrogens is 334 g/mol. The van der Waals surface area contributed by atoms with Crippen LogP contribution in [0.25, 0.3) is 0 Å². The van der Waals surface area contributed by atoms with Crippen LogP contribution in [0.4, 0.5) is 0 Å². The van der Waals surface area contributed by atoms with Crippen LogP contribution in [0.15, 0.2) is 17.9 Å². The maximum Gasteiger partial charge on any atom is 0.265 e. The summed E-state index contributed by atoms with van der Waals surface area (Å²) in [5, 5.41) is 0. The van der Waals surface area contributed by atoms with Gasteiger partial charge < -0.3 is 14.4 Å². The van der Waals surface area contributed by atoms with Gasteiger partial charge in [0.05, 0.1) is 11.2 Å². The number of aryl methyl sites for hydroxylation is 2. The van der Waals surface area contributed by atoms with Crippen LogP contribution in [-0.2, 0) is 6.54 Å². The van der Waals surface area contributed by atoms with Gasteiger partial charge >= 0.3 is 0 Å². The van der Waals surface area contributed by atoms with Gasteiger partial charge in [0.15, 0.2) is 0 Å². The van der Waals surface area contributed by atoms with Gasteiger partial charge in [0.25, 0.3) is 5.91 Å². The second kappa shape index (κ2) is 8.10. The van der Waals surface area contributed by atoms with Gasteiger partial charge in [-0.25, -0.2) is 9.97 Å². The SMILES string of the molecule is Cc1ncsc1C(=O)N1CCCC(c2nccn2CCCN(C)C)C1. The highest BCUT2D eigenvalue weighted by Gasteiger charge is 2.29. The minimum atomic E-state index is 0.121. The Morgan fingerprint density at radius 3 is 2.96 bits per heavy atom. The molecule has 0 bridgehead atoms. The van der Waals surface area contributed by atoms with Crippen LogP contribution >= 0.6 is 11.3 Å². The molecule has 2 aromatic rings. The summed E-state index contributed by atoms with van der Waals surface area (Å²) in [5.74, 6) is 1.56. The standard InChI is InChI=1S/C18H27N5OS/c1-14-16(25-13-20-14)18(24)23-9-4-6-15(12-23)17-19-7-11-22(17)10-5-8-21(2)3/h7,11,13,15H,4-6,8-10,12H2,1-3H3. The highest BCUT2D eigenvalue weighted by molar-refractivity contribution is 7.11. The lowest BCUT2D eigenvalue weighted by atomic mass is 9.97. The Kier molecular flexibility index (Phi) is 5.86. The number of thiazole rings is 1. The number of likely N-dealkylation sites (tertiary alicyclic amines) is 1. The van der Waals surface area contributed by atoms with Crippen LogP contribution in [0.2, 0.25) is 0 Å². The maximum atomic E-state index is 12.8. The largest absolute Gasteiger partial charge is 0.337 e. The Morgan fingerprint density at radius 2 is 2.24 bits per heavy atom. The quantitative estimate of drug-likeness (QED) is 0.794. The van der Waals surface area contributed by atoms with E-state index in [0.717, 1.165) is 61.8 Å². The molecule has 1 amide bonds. The third-order valence-electron chi connectivity index (χ3n) is 4.77. The van der Waals surface area contributed by atoms with Gasteiger partial charge in [-0.3, -0.25) is 4.79 Å². The predicted octanol–water partition coefficient (Wildman–Crippen LogP) is 2.62. The van der Waals surface area contributed by atoms with E-state index in [1.165, 1.54) is 11.3 Å². The molecule has 1 aliphatic heterocycles. The number of piperidine rings is 1. The van der Waals surface area contributed by atoms with E-state index in [0.29, 0.717) is 5.92 Å². The number of aromatic nitrogens is 3. The molecule has 1 unspecified atom stereocenters. The number of carbonyl (C=O) groups excluding carboxylic acids is 1. The van der Waals surface area contributed by atoms with Crippen molar-refractivity contribution in [3.63, 3.8) is 0 Å². The first-order valence-electron chi connectivity index (χ1n) is 8.91. The zero-order valence-corrected chi connectivity index (χ0v) is 16.1. The van der Waals surface area contributed by atoms with Crippen LogP contribution in [-0.4, -0.2) is 64.0 Å². The van der Waals surface area contributed by atoms with Gasteiger partial charge in [-0.1, -0.05) is 0 Å². The van der Waals surface area contributed by atoms with Crippen molar-refractivity contribution in [1.82, 2.24) is 24.3 Å². The number of rotatable bonds is 6. The van der Waals surface area contributed by atoms with Crippen molar-refractivity contribution in [2.45, 2.75) is 38.6 Å². The molecule has 3 rings (SSSR count). The summed E-state index contributed by atoms with van der Waals surface area (Å²) in [6, 6.07) is 0. The molecule has 0 saturated carbocycles. The van der Waals surface area contributed by atoms with Gasteiger partial charge in [0, 0.05) is 37.9 Å². The molecule has 136 valence electrons. The number of hydrogen-bond donors (Lipinski definition) is 0. The van der Waals surface area contributed by atoms with Gasteiger partial charge in [0.1, 0.15) is 10.7 Å². The Hall–Kier alpha value is -1.73. The molecule has 6 nitrogen and oxygen atoms in total. The second-order valence-electron chi connectivity index (χ2n) is 6.99. The summed E-state index contributed by atoms with van der Waals surface area (Å²) in [4.78, 5) is 26.6. The summed E-state index contributed by atoms with van der Waals surface area (Å²) in [5.41, 5.74) is 2.59. The van der Waals surface area contributed by atoms with Crippen LogP contribution < -0.4 is 0 Å². The fraction of sp³-hybridized carbons (Fsp3) is 0.611. The molecule has 1 atom stereocenters. The van der Waals surface area contributed by atoms with Gasteiger partial charge in [-0.2, -0.15) is 0 Å². The fourth-order valence-corrected chi connectivity index (χ4v) is 4.22. The van der Waals surface area contributed by atoms with Crippen molar-refractivity contribution in [1.29, 1.82) is 0 Å². The Balaban J connectivity index is 1.67.